The molecule has 0 fully saturated rings. The third-order valence-electron chi connectivity index (χ3n) is 5.80. The molecule has 0 spiro atoms. The number of thioether (sulfide) groups is 1. The minimum Gasteiger partial charge on any atom is -0.462 e. The summed E-state index contributed by atoms with van der Waals surface area (Å²) >= 11 is 2.63. The van der Waals surface area contributed by atoms with Gasteiger partial charge in [-0.2, -0.15) is 0 Å². The number of fused-ring (bicyclic) bond motifs is 2. The number of para-hydroxylation sites is 1. The van der Waals surface area contributed by atoms with Gasteiger partial charge in [0.1, 0.15) is 5.00 Å². The Kier molecular flexibility index (Phi) is 6.42. The van der Waals surface area contributed by atoms with Gasteiger partial charge in [-0.05, 0) is 43.7 Å². The van der Waals surface area contributed by atoms with E-state index < -0.39 is 0 Å². The molecule has 4 aromatic rings. The third kappa shape index (κ3) is 4.47. The molecule has 1 aliphatic carbocycles. The quantitative estimate of drug-likeness (QED) is 0.263. The lowest BCUT2D eigenvalue weighted by Gasteiger charge is -2.18. The van der Waals surface area contributed by atoms with Crippen molar-refractivity contribution in [2.75, 3.05) is 17.7 Å². The van der Waals surface area contributed by atoms with Gasteiger partial charge >= 0.3 is 5.97 Å². The summed E-state index contributed by atoms with van der Waals surface area (Å²) in [6.45, 7) is 4.28. The second-order valence-electron chi connectivity index (χ2n) is 8.23. The highest BCUT2D eigenvalue weighted by atomic mass is 32.2. The summed E-state index contributed by atoms with van der Waals surface area (Å²) in [6.07, 6.45) is 4.59. The van der Waals surface area contributed by atoms with E-state index in [0.717, 1.165) is 57.9 Å². The first kappa shape index (κ1) is 22.7. The molecule has 176 valence electrons. The van der Waals surface area contributed by atoms with Gasteiger partial charge in [0, 0.05) is 22.0 Å². The van der Waals surface area contributed by atoms with Crippen LogP contribution in [0.2, 0.25) is 0 Å². The van der Waals surface area contributed by atoms with E-state index in [4.69, 9.17) is 9.15 Å². The Balaban J connectivity index is 1.28. The van der Waals surface area contributed by atoms with E-state index in [1.54, 1.807) is 6.92 Å². The predicted octanol–water partition coefficient (Wildman–Crippen LogP) is 5.31. The van der Waals surface area contributed by atoms with Gasteiger partial charge in [0.2, 0.25) is 5.91 Å². The number of nitrogens with zero attached hydrogens (tertiary/aromatic N) is 2. The summed E-state index contributed by atoms with van der Waals surface area (Å²) in [7, 11) is 0. The molecule has 0 aliphatic heterocycles. The van der Waals surface area contributed by atoms with Crippen LogP contribution >= 0.6 is 23.1 Å². The molecule has 1 atom stereocenters. The van der Waals surface area contributed by atoms with Crippen molar-refractivity contribution in [3.8, 4) is 11.5 Å². The topological polar surface area (TPSA) is 110 Å². The van der Waals surface area contributed by atoms with Crippen molar-refractivity contribution in [2.24, 2.45) is 5.92 Å². The number of ether oxygens (including phenoxy) is 1. The van der Waals surface area contributed by atoms with Crippen LogP contribution in [0.5, 0.6) is 0 Å². The van der Waals surface area contributed by atoms with Crippen LogP contribution in [-0.4, -0.2) is 39.4 Å². The monoisotopic (exact) mass is 496 g/mol. The van der Waals surface area contributed by atoms with Gasteiger partial charge in [-0.15, -0.1) is 21.5 Å². The number of thiophene rings is 1. The zero-order valence-corrected chi connectivity index (χ0v) is 20.5. The zero-order chi connectivity index (χ0) is 23.7. The van der Waals surface area contributed by atoms with E-state index >= 15 is 0 Å². The number of H-pyrrole nitrogens is 1. The number of anilines is 1. The second kappa shape index (κ2) is 9.63. The Hall–Kier alpha value is -3.11. The zero-order valence-electron chi connectivity index (χ0n) is 18.8. The maximum atomic E-state index is 12.7. The molecule has 3 heterocycles. The molecule has 1 aromatic carbocycles. The fourth-order valence-corrected chi connectivity index (χ4v) is 6.15. The van der Waals surface area contributed by atoms with Crippen molar-refractivity contribution in [2.45, 2.75) is 38.3 Å². The van der Waals surface area contributed by atoms with E-state index in [0.29, 0.717) is 34.2 Å². The number of aromatic amines is 1. The molecular weight excluding hydrogens is 472 g/mol. The molecule has 0 radical (unpaired) electrons. The van der Waals surface area contributed by atoms with Gasteiger partial charge in [-0.1, -0.05) is 36.9 Å². The van der Waals surface area contributed by atoms with Crippen molar-refractivity contribution in [3.63, 3.8) is 0 Å². The molecule has 10 heteroatoms. The van der Waals surface area contributed by atoms with Gasteiger partial charge in [0.25, 0.3) is 11.1 Å². The number of carbonyl (C=O) groups is 2. The standard InChI is InChI=1S/C24H24N4O4S2/c1-3-31-23(30)20-15-9-8-13(2)10-18(15)34-22(20)26-19(29)12-33-24-28-27-21(32-24)16-11-25-17-7-5-4-6-14(16)17/h4-7,11,13,25H,3,8-10,12H2,1-2H3,(H,26,29). The summed E-state index contributed by atoms with van der Waals surface area (Å²) < 4.78 is 11.1. The molecule has 0 saturated heterocycles. The van der Waals surface area contributed by atoms with Crippen LogP contribution in [0.1, 0.15) is 41.1 Å². The normalized spacial score (nSPS) is 15.3. The molecule has 0 bridgehead atoms. The van der Waals surface area contributed by atoms with Crippen LogP contribution in [0.4, 0.5) is 5.00 Å². The lowest BCUT2D eigenvalue weighted by Crippen LogP contribution is -2.17. The maximum Gasteiger partial charge on any atom is 0.341 e. The number of carbonyl (C=O) groups excluding carboxylic acids is 2. The highest BCUT2D eigenvalue weighted by Crippen LogP contribution is 2.40. The fraction of sp³-hybridized carbons (Fsp3) is 0.333. The first-order chi connectivity index (χ1) is 16.5. The Morgan fingerprint density at radius 2 is 2.18 bits per heavy atom. The van der Waals surface area contributed by atoms with Crippen molar-refractivity contribution < 1.29 is 18.7 Å². The highest BCUT2D eigenvalue weighted by Gasteiger charge is 2.29. The molecule has 1 aliphatic rings. The fourth-order valence-electron chi connectivity index (χ4n) is 4.17. The smallest absolute Gasteiger partial charge is 0.341 e. The molecule has 0 saturated carbocycles. The van der Waals surface area contributed by atoms with Crippen LogP contribution in [0.25, 0.3) is 22.4 Å². The van der Waals surface area contributed by atoms with Crippen molar-refractivity contribution in [1.29, 1.82) is 0 Å². The third-order valence-corrected chi connectivity index (χ3v) is 7.79. The summed E-state index contributed by atoms with van der Waals surface area (Å²) in [5.74, 6) is 0.414. The first-order valence-electron chi connectivity index (χ1n) is 11.2. The lowest BCUT2D eigenvalue weighted by molar-refractivity contribution is -0.113. The molecule has 2 N–H and O–H groups in total. The maximum absolute atomic E-state index is 12.7. The molecule has 5 rings (SSSR count). The van der Waals surface area contributed by atoms with Crippen LogP contribution in [0.3, 0.4) is 0 Å². The largest absolute Gasteiger partial charge is 0.462 e. The van der Waals surface area contributed by atoms with Crippen molar-refractivity contribution in [1.82, 2.24) is 15.2 Å². The lowest BCUT2D eigenvalue weighted by atomic mass is 9.88. The molecule has 1 unspecified atom stereocenters. The Morgan fingerprint density at radius 1 is 1.32 bits per heavy atom. The summed E-state index contributed by atoms with van der Waals surface area (Å²) in [6, 6.07) is 7.86. The van der Waals surface area contributed by atoms with E-state index in [2.05, 4.69) is 27.4 Å². The summed E-state index contributed by atoms with van der Waals surface area (Å²) in [5.41, 5.74) is 3.32. The van der Waals surface area contributed by atoms with Crippen LogP contribution < -0.4 is 5.32 Å². The van der Waals surface area contributed by atoms with Crippen LogP contribution in [-0.2, 0) is 22.4 Å². The first-order valence-corrected chi connectivity index (χ1v) is 13.0. The van der Waals surface area contributed by atoms with Gasteiger partial charge in [-0.3, -0.25) is 4.79 Å². The SMILES string of the molecule is CCOC(=O)c1c(NC(=O)CSc2nnc(-c3c[nH]c4ccccc34)o2)sc2c1CCC(C)C2. The summed E-state index contributed by atoms with van der Waals surface area (Å²) in [4.78, 5) is 29.7. The average molecular weight is 497 g/mol. The number of nitrogens with one attached hydrogen (secondary N) is 2. The van der Waals surface area contributed by atoms with Gasteiger partial charge in [-0.25, -0.2) is 4.79 Å². The predicted molar refractivity (Wildman–Crippen MR) is 132 cm³/mol. The molecular formula is C24H24N4O4S2. The molecule has 3 aromatic heterocycles. The van der Waals surface area contributed by atoms with E-state index in [1.165, 1.54) is 11.3 Å². The number of amides is 1. The Morgan fingerprint density at radius 3 is 3.03 bits per heavy atom. The summed E-state index contributed by atoms with van der Waals surface area (Å²) in [5, 5.41) is 13.0. The second-order valence-corrected chi connectivity index (χ2v) is 10.3. The van der Waals surface area contributed by atoms with Gasteiger partial charge in [0.05, 0.1) is 23.5 Å². The van der Waals surface area contributed by atoms with Crippen LogP contribution in [0.15, 0.2) is 40.1 Å². The van der Waals surface area contributed by atoms with Crippen LogP contribution in [0, 0.1) is 5.92 Å². The Labute approximate surface area is 204 Å². The highest BCUT2D eigenvalue weighted by molar-refractivity contribution is 7.99. The Bertz CT molecular complexity index is 1360. The number of benzene rings is 1. The van der Waals surface area contributed by atoms with Crippen molar-refractivity contribution >= 4 is 50.9 Å². The number of rotatable bonds is 7. The number of aromatic nitrogens is 3. The van der Waals surface area contributed by atoms with Gasteiger partial charge in [0.15, 0.2) is 0 Å². The number of hydrogen-bond acceptors (Lipinski definition) is 8. The average Bonchev–Trinajstić information content (AvgIpc) is 3.54. The van der Waals surface area contributed by atoms with Crippen molar-refractivity contribution in [3.05, 3.63) is 46.5 Å². The molecule has 8 nitrogen and oxygen atoms in total. The minimum atomic E-state index is -0.377. The molecule has 1 amide bonds. The molecule has 34 heavy (non-hydrogen) atoms. The number of esters is 1. The van der Waals surface area contributed by atoms with E-state index in [9.17, 15) is 9.59 Å². The minimum absolute atomic E-state index is 0.0801. The van der Waals surface area contributed by atoms with Gasteiger partial charge < -0.3 is 19.5 Å². The van der Waals surface area contributed by atoms with E-state index in [-0.39, 0.29) is 17.6 Å². The number of hydrogen-bond donors (Lipinski definition) is 2. The van der Waals surface area contributed by atoms with E-state index in [1.807, 2.05) is 30.5 Å².